The van der Waals surface area contributed by atoms with Gasteiger partial charge >= 0.3 is 5.97 Å². The van der Waals surface area contributed by atoms with Crippen LogP contribution in [0.4, 0.5) is 0 Å². The van der Waals surface area contributed by atoms with E-state index in [0.717, 1.165) is 5.56 Å². The number of nitrogens with zero attached hydrogens (tertiary/aromatic N) is 4. The highest BCUT2D eigenvalue weighted by Crippen LogP contribution is 2.29. The first kappa shape index (κ1) is 23.2. The Labute approximate surface area is 187 Å². The second kappa shape index (κ2) is 10.7. The van der Waals surface area contributed by atoms with Crippen molar-refractivity contribution in [2.24, 2.45) is 0 Å². The van der Waals surface area contributed by atoms with E-state index >= 15 is 0 Å². The van der Waals surface area contributed by atoms with Gasteiger partial charge in [0.25, 0.3) is 0 Å². The van der Waals surface area contributed by atoms with E-state index in [2.05, 4.69) is 10.1 Å². The Morgan fingerprint density at radius 3 is 2.52 bits per heavy atom. The predicted molar refractivity (Wildman–Crippen MR) is 116 cm³/mol. The molecular formula is C22H29ClN4O4. The Balaban J connectivity index is 1.52. The number of hydrogen-bond acceptors (Lipinski definition) is 7. The molecule has 1 aromatic heterocycles. The zero-order valence-electron chi connectivity index (χ0n) is 18.2. The van der Waals surface area contributed by atoms with E-state index in [4.69, 9.17) is 20.9 Å². The molecule has 9 heteroatoms. The van der Waals surface area contributed by atoms with Crippen LogP contribution in [0.3, 0.4) is 0 Å². The maximum absolute atomic E-state index is 12.6. The summed E-state index contributed by atoms with van der Waals surface area (Å²) in [4.78, 5) is 33.3. The van der Waals surface area contributed by atoms with Crippen LogP contribution in [-0.2, 0) is 20.7 Å². The van der Waals surface area contributed by atoms with Gasteiger partial charge in [0.1, 0.15) is 6.04 Å². The number of carbonyl (C=O) groups is 2. The van der Waals surface area contributed by atoms with E-state index < -0.39 is 6.04 Å². The molecule has 1 unspecified atom stereocenters. The lowest BCUT2D eigenvalue weighted by Crippen LogP contribution is -2.51. The number of benzene rings is 1. The first-order valence-electron chi connectivity index (χ1n) is 10.6. The quantitative estimate of drug-likeness (QED) is 0.573. The number of piperazine rings is 1. The van der Waals surface area contributed by atoms with Crippen molar-refractivity contribution in [1.29, 1.82) is 0 Å². The van der Waals surface area contributed by atoms with Crippen LogP contribution in [0.2, 0.25) is 5.02 Å². The molecule has 1 atom stereocenters. The molecule has 3 rings (SSSR count). The van der Waals surface area contributed by atoms with Crippen LogP contribution in [0, 0.1) is 0 Å². The lowest BCUT2D eigenvalue weighted by molar-refractivity contribution is -0.148. The lowest BCUT2D eigenvalue weighted by Gasteiger charge is -2.38. The van der Waals surface area contributed by atoms with Crippen LogP contribution < -0.4 is 0 Å². The number of methoxy groups -OCH3 is 1. The lowest BCUT2D eigenvalue weighted by atomic mass is 10.0. The van der Waals surface area contributed by atoms with Crippen LogP contribution in [0.15, 0.2) is 28.8 Å². The highest BCUT2D eigenvalue weighted by atomic mass is 35.5. The zero-order chi connectivity index (χ0) is 22.4. The molecule has 168 valence electrons. The summed E-state index contributed by atoms with van der Waals surface area (Å²) in [6.07, 6.45) is 1.66. The summed E-state index contributed by atoms with van der Waals surface area (Å²) in [6.45, 7) is 6.25. The Morgan fingerprint density at radius 1 is 1.19 bits per heavy atom. The number of ether oxygens (including phenoxy) is 1. The first-order valence-corrected chi connectivity index (χ1v) is 10.9. The fourth-order valence-corrected chi connectivity index (χ4v) is 3.90. The van der Waals surface area contributed by atoms with Gasteiger partial charge < -0.3 is 14.2 Å². The standard InChI is InChI=1S/C22H29ClN4O4/c1-15(2)21-24-18(31-25-21)9-6-10-19(28)26-11-13-27(14-12-26)20(22(29)30-3)16-7-4-5-8-17(16)23/h4-5,7-8,15,20H,6,9-14H2,1-3H3. The predicted octanol–water partition coefficient (Wildman–Crippen LogP) is 3.23. The van der Waals surface area contributed by atoms with Crippen LogP contribution in [0.25, 0.3) is 0 Å². The fraction of sp³-hybridized carbons (Fsp3) is 0.545. The fourth-order valence-electron chi connectivity index (χ4n) is 3.66. The van der Waals surface area contributed by atoms with Gasteiger partial charge in [-0.2, -0.15) is 4.98 Å². The molecule has 0 saturated carbocycles. The van der Waals surface area contributed by atoms with Gasteiger partial charge in [-0.1, -0.05) is 48.8 Å². The van der Waals surface area contributed by atoms with Gasteiger partial charge in [-0.3, -0.25) is 9.69 Å². The highest BCUT2D eigenvalue weighted by Gasteiger charge is 2.33. The summed E-state index contributed by atoms with van der Waals surface area (Å²) in [5.41, 5.74) is 0.719. The van der Waals surface area contributed by atoms with Crippen molar-refractivity contribution in [2.75, 3.05) is 33.3 Å². The topological polar surface area (TPSA) is 88.8 Å². The van der Waals surface area contributed by atoms with Crippen molar-refractivity contribution in [1.82, 2.24) is 19.9 Å². The van der Waals surface area contributed by atoms with E-state index in [-0.39, 0.29) is 17.8 Å². The van der Waals surface area contributed by atoms with Crippen molar-refractivity contribution in [2.45, 2.75) is 45.1 Å². The van der Waals surface area contributed by atoms with Gasteiger partial charge in [-0.25, -0.2) is 4.79 Å². The van der Waals surface area contributed by atoms with Crippen LogP contribution in [0.1, 0.15) is 55.9 Å². The molecule has 0 radical (unpaired) electrons. The summed E-state index contributed by atoms with van der Waals surface area (Å²) in [6, 6.07) is 6.70. The van der Waals surface area contributed by atoms with Crippen LogP contribution >= 0.6 is 11.6 Å². The highest BCUT2D eigenvalue weighted by molar-refractivity contribution is 6.31. The molecule has 2 aromatic rings. The summed E-state index contributed by atoms with van der Waals surface area (Å²) in [5.74, 6) is 1.22. The molecule has 2 heterocycles. The maximum Gasteiger partial charge on any atom is 0.327 e. The minimum Gasteiger partial charge on any atom is -0.468 e. The van der Waals surface area contributed by atoms with Gasteiger partial charge in [-0.05, 0) is 18.1 Å². The monoisotopic (exact) mass is 448 g/mol. The summed E-state index contributed by atoms with van der Waals surface area (Å²) in [5, 5.41) is 4.47. The molecule has 1 aliphatic rings. The van der Waals surface area contributed by atoms with Gasteiger partial charge in [-0.15, -0.1) is 0 Å². The summed E-state index contributed by atoms with van der Waals surface area (Å²) >= 11 is 6.33. The molecule has 0 N–H and O–H groups in total. The molecule has 0 spiro atoms. The minimum absolute atomic E-state index is 0.0932. The molecule has 1 saturated heterocycles. The molecule has 0 bridgehead atoms. The number of aryl methyl sites for hydroxylation is 1. The molecule has 1 fully saturated rings. The number of aromatic nitrogens is 2. The Bertz CT molecular complexity index is 893. The van der Waals surface area contributed by atoms with E-state index in [9.17, 15) is 9.59 Å². The third kappa shape index (κ3) is 5.83. The molecule has 1 amide bonds. The van der Waals surface area contributed by atoms with Crippen LogP contribution in [-0.4, -0.2) is 65.1 Å². The molecular weight excluding hydrogens is 420 g/mol. The van der Waals surface area contributed by atoms with Crippen molar-refractivity contribution < 1.29 is 18.8 Å². The normalized spacial score (nSPS) is 15.8. The van der Waals surface area contributed by atoms with Crippen molar-refractivity contribution in [3.05, 3.63) is 46.6 Å². The van der Waals surface area contributed by atoms with Crippen molar-refractivity contribution in [3.8, 4) is 0 Å². The van der Waals surface area contributed by atoms with E-state index in [1.165, 1.54) is 7.11 Å². The third-order valence-corrected chi connectivity index (χ3v) is 5.78. The Kier molecular flexibility index (Phi) is 8.03. The van der Waals surface area contributed by atoms with Gasteiger partial charge in [0.15, 0.2) is 5.82 Å². The Morgan fingerprint density at radius 2 is 1.90 bits per heavy atom. The van der Waals surface area contributed by atoms with E-state index in [0.29, 0.717) is 62.2 Å². The van der Waals surface area contributed by atoms with E-state index in [1.807, 2.05) is 41.8 Å². The summed E-state index contributed by atoms with van der Waals surface area (Å²) < 4.78 is 10.3. The number of hydrogen-bond donors (Lipinski definition) is 0. The van der Waals surface area contributed by atoms with Crippen LogP contribution in [0.5, 0.6) is 0 Å². The number of rotatable bonds is 8. The molecule has 0 aliphatic carbocycles. The average Bonchev–Trinajstić information content (AvgIpc) is 3.25. The smallest absolute Gasteiger partial charge is 0.327 e. The molecule has 1 aliphatic heterocycles. The van der Waals surface area contributed by atoms with Crippen molar-refractivity contribution >= 4 is 23.5 Å². The van der Waals surface area contributed by atoms with Gasteiger partial charge in [0.2, 0.25) is 11.8 Å². The molecule has 31 heavy (non-hydrogen) atoms. The Hall–Kier alpha value is -2.45. The van der Waals surface area contributed by atoms with E-state index in [1.54, 1.807) is 6.07 Å². The zero-order valence-corrected chi connectivity index (χ0v) is 19.0. The molecule has 1 aromatic carbocycles. The number of amides is 1. The van der Waals surface area contributed by atoms with Gasteiger partial charge in [0.05, 0.1) is 7.11 Å². The number of halogens is 1. The first-order chi connectivity index (χ1) is 14.9. The second-order valence-corrected chi connectivity index (χ2v) is 8.33. The minimum atomic E-state index is -0.580. The van der Waals surface area contributed by atoms with Crippen molar-refractivity contribution in [3.63, 3.8) is 0 Å². The van der Waals surface area contributed by atoms with Gasteiger partial charge in [0, 0.05) is 50.0 Å². The molecule has 8 nitrogen and oxygen atoms in total. The number of esters is 1. The number of carbonyl (C=O) groups excluding carboxylic acids is 2. The maximum atomic E-state index is 12.6. The largest absolute Gasteiger partial charge is 0.468 e. The average molecular weight is 449 g/mol. The summed E-state index contributed by atoms with van der Waals surface area (Å²) in [7, 11) is 1.37. The second-order valence-electron chi connectivity index (χ2n) is 7.92. The SMILES string of the molecule is COC(=O)C(c1ccccc1Cl)N1CCN(C(=O)CCCc2nc(C(C)C)no2)CC1. The third-order valence-electron chi connectivity index (χ3n) is 5.44.